The molecule has 4 atom stereocenters. The topological polar surface area (TPSA) is 71.5 Å². The molecule has 2 rings (SSSR count). The zero-order valence-electron chi connectivity index (χ0n) is 18.5. The maximum atomic E-state index is 13.2. The van der Waals surface area contributed by atoms with Gasteiger partial charge in [-0.05, 0) is 43.6 Å². The number of nitrogens with zero attached hydrogens (tertiary/aromatic N) is 1. The standard InChI is InChI=1S/C24H37NO4/c1-5-9-20(23(28)18(4)26)12-13-21(27)22-16(2)14-15-25(22)24(29)17(3)19-10-7-6-8-11-19/h12-13,16-17,19-20,22H,5-11,14-15H2,1-4H3/b13-12+/t16-,17+,20-,22+/m1/s1. The number of carbonyl (C=O) groups excluding carboxylic acids is 4. The molecule has 0 spiro atoms. The Hall–Kier alpha value is -1.78. The Balaban J connectivity index is 2.10. The summed E-state index contributed by atoms with van der Waals surface area (Å²) in [6.45, 7) is 7.86. The van der Waals surface area contributed by atoms with Crippen molar-refractivity contribution >= 4 is 23.3 Å². The van der Waals surface area contributed by atoms with Crippen molar-refractivity contribution in [2.75, 3.05) is 6.54 Å². The number of rotatable bonds is 9. The summed E-state index contributed by atoms with van der Waals surface area (Å²) < 4.78 is 0. The van der Waals surface area contributed by atoms with E-state index in [0.717, 1.165) is 25.7 Å². The summed E-state index contributed by atoms with van der Waals surface area (Å²) in [5, 5.41) is 0. The van der Waals surface area contributed by atoms with Crippen LogP contribution in [-0.2, 0) is 19.2 Å². The van der Waals surface area contributed by atoms with Crippen LogP contribution in [0.3, 0.4) is 0 Å². The molecule has 1 aliphatic carbocycles. The number of carbonyl (C=O) groups is 4. The third kappa shape index (κ3) is 5.86. The van der Waals surface area contributed by atoms with Crippen LogP contribution in [0.5, 0.6) is 0 Å². The Morgan fingerprint density at radius 1 is 1.07 bits per heavy atom. The molecule has 0 aromatic heterocycles. The SMILES string of the molecule is CCC[C@H](/C=C/C(=O)[C@@H]1[C@H](C)CCN1C(=O)[C@@H](C)C1CCCCC1)C(=O)C(C)=O. The minimum Gasteiger partial charge on any atom is -0.332 e. The monoisotopic (exact) mass is 403 g/mol. The van der Waals surface area contributed by atoms with Gasteiger partial charge in [0.25, 0.3) is 0 Å². The van der Waals surface area contributed by atoms with Crippen molar-refractivity contribution in [3.05, 3.63) is 12.2 Å². The number of amides is 1. The van der Waals surface area contributed by atoms with Crippen molar-refractivity contribution in [2.45, 2.75) is 85.1 Å². The van der Waals surface area contributed by atoms with Crippen LogP contribution in [0, 0.1) is 23.7 Å². The molecule has 1 aliphatic heterocycles. The predicted molar refractivity (Wildman–Crippen MR) is 113 cm³/mol. The van der Waals surface area contributed by atoms with Crippen LogP contribution < -0.4 is 0 Å². The Bertz CT molecular complexity index is 647. The van der Waals surface area contributed by atoms with Gasteiger partial charge in [0.15, 0.2) is 11.6 Å². The van der Waals surface area contributed by atoms with Crippen LogP contribution in [0.4, 0.5) is 0 Å². The highest BCUT2D eigenvalue weighted by molar-refractivity contribution is 6.37. The van der Waals surface area contributed by atoms with E-state index in [-0.39, 0.29) is 23.5 Å². The van der Waals surface area contributed by atoms with E-state index in [1.54, 1.807) is 11.0 Å². The van der Waals surface area contributed by atoms with Crippen molar-refractivity contribution in [3.8, 4) is 0 Å². The van der Waals surface area contributed by atoms with E-state index >= 15 is 0 Å². The number of ketones is 3. The van der Waals surface area contributed by atoms with Crippen molar-refractivity contribution in [3.63, 3.8) is 0 Å². The average Bonchev–Trinajstić information content (AvgIpc) is 3.11. The Kier molecular flexibility index (Phi) is 8.79. The highest BCUT2D eigenvalue weighted by Gasteiger charge is 2.41. The molecule has 0 radical (unpaired) electrons. The Labute approximate surface area is 175 Å². The van der Waals surface area contributed by atoms with Gasteiger partial charge in [-0.3, -0.25) is 19.2 Å². The fourth-order valence-electron chi connectivity index (χ4n) is 4.92. The quantitative estimate of drug-likeness (QED) is 0.428. The summed E-state index contributed by atoms with van der Waals surface area (Å²) in [6, 6.07) is -0.459. The molecule has 0 aromatic rings. The van der Waals surface area contributed by atoms with Crippen LogP contribution >= 0.6 is 0 Å². The number of hydrogen-bond donors (Lipinski definition) is 0. The maximum absolute atomic E-state index is 13.2. The van der Waals surface area contributed by atoms with E-state index in [1.807, 2.05) is 20.8 Å². The molecular formula is C24H37NO4. The summed E-state index contributed by atoms with van der Waals surface area (Å²) in [5.41, 5.74) is 0. The fourth-order valence-corrected chi connectivity index (χ4v) is 4.92. The van der Waals surface area contributed by atoms with E-state index < -0.39 is 23.5 Å². The van der Waals surface area contributed by atoms with Gasteiger partial charge in [-0.25, -0.2) is 0 Å². The molecule has 1 heterocycles. The van der Waals surface area contributed by atoms with Crippen LogP contribution in [0.25, 0.3) is 0 Å². The second-order valence-corrected chi connectivity index (χ2v) is 9.01. The summed E-state index contributed by atoms with van der Waals surface area (Å²) in [5.74, 6) is -1.05. The van der Waals surface area contributed by atoms with E-state index in [1.165, 1.54) is 32.3 Å². The van der Waals surface area contributed by atoms with Gasteiger partial charge in [0.1, 0.15) is 0 Å². The van der Waals surface area contributed by atoms with E-state index in [9.17, 15) is 19.2 Å². The Morgan fingerprint density at radius 2 is 1.72 bits per heavy atom. The molecule has 29 heavy (non-hydrogen) atoms. The smallest absolute Gasteiger partial charge is 0.226 e. The number of likely N-dealkylation sites (tertiary alicyclic amines) is 1. The molecule has 2 fully saturated rings. The third-order valence-corrected chi connectivity index (χ3v) is 6.80. The molecule has 1 saturated carbocycles. The summed E-state index contributed by atoms with van der Waals surface area (Å²) >= 11 is 0. The van der Waals surface area contributed by atoms with Crippen LogP contribution in [0.2, 0.25) is 0 Å². The van der Waals surface area contributed by atoms with Gasteiger partial charge in [-0.15, -0.1) is 0 Å². The molecule has 5 heteroatoms. The zero-order chi connectivity index (χ0) is 21.6. The first kappa shape index (κ1) is 23.5. The van der Waals surface area contributed by atoms with Gasteiger partial charge < -0.3 is 4.90 Å². The lowest BCUT2D eigenvalue weighted by Crippen LogP contribution is -2.46. The lowest BCUT2D eigenvalue weighted by molar-refractivity contribution is -0.141. The van der Waals surface area contributed by atoms with Crippen LogP contribution in [0.1, 0.15) is 79.1 Å². The normalized spacial score (nSPS) is 25.2. The first-order chi connectivity index (χ1) is 13.8. The lowest BCUT2D eigenvalue weighted by Gasteiger charge is -2.32. The van der Waals surface area contributed by atoms with Gasteiger partial charge in [0.05, 0.1) is 6.04 Å². The number of hydrogen-bond acceptors (Lipinski definition) is 4. The van der Waals surface area contributed by atoms with Gasteiger partial charge in [-0.1, -0.05) is 52.5 Å². The number of Topliss-reactive ketones (excluding diaryl/α,β-unsaturated/α-hetero) is 2. The molecule has 0 aromatic carbocycles. The molecule has 5 nitrogen and oxygen atoms in total. The second kappa shape index (κ2) is 10.8. The van der Waals surface area contributed by atoms with Crippen molar-refractivity contribution < 1.29 is 19.2 Å². The maximum Gasteiger partial charge on any atom is 0.226 e. The molecule has 0 bridgehead atoms. The molecule has 1 saturated heterocycles. The highest BCUT2D eigenvalue weighted by atomic mass is 16.2. The molecule has 2 aliphatic rings. The Morgan fingerprint density at radius 3 is 2.31 bits per heavy atom. The summed E-state index contributed by atoms with van der Waals surface area (Å²) in [6.07, 6.45) is 11.0. The third-order valence-electron chi connectivity index (χ3n) is 6.80. The van der Waals surface area contributed by atoms with Crippen molar-refractivity contribution in [1.82, 2.24) is 4.90 Å². The van der Waals surface area contributed by atoms with Gasteiger partial charge in [0.2, 0.25) is 11.7 Å². The summed E-state index contributed by atoms with van der Waals surface area (Å²) in [4.78, 5) is 51.5. The largest absolute Gasteiger partial charge is 0.332 e. The minimum atomic E-state index is -0.552. The average molecular weight is 404 g/mol. The number of allylic oxidation sites excluding steroid dienone is 1. The van der Waals surface area contributed by atoms with Gasteiger partial charge in [-0.2, -0.15) is 0 Å². The molecule has 162 valence electrons. The van der Waals surface area contributed by atoms with Crippen molar-refractivity contribution in [2.24, 2.45) is 23.7 Å². The van der Waals surface area contributed by atoms with Crippen LogP contribution in [-0.4, -0.2) is 40.7 Å². The fraction of sp³-hybridized carbons (Fsp3) is 0.750. The van der Waals surface area contributed by atoms with E-state index in [4.69, 9.17) is 0 Å². The molecule has 1 amide bonds. The molecule has 0 N–H and O–H groups in total. The predicted octanol–water partition coefficient (Wildman–Crippen LogP) is 4.14. The molecule has 0 unspecified atom stereocenters. The zero-order valence-corrected chi connectivity index (χ0v) is 18.5. The van der Waals surface area contributed by atoms with E-state index in [2.05, 4.69) is 0 Å². The first-order valence-corrected chi connectivity index (χ1v) is 11.3. The minimum absolute atomic E-state index is 0.0491. The summed E-state index contributed by atoms with van der Waals surface area (Å²) in [7, 11) is 0. The first-order valence-electron chi connectivity index (χ1n) is 11.3. The van der Waals surface area contributed by atoms with E-state index in [0.29, 0.717) is 18.9 Å². The lowest BCUT2D eigenvalue weighted by atomic mass is 9.80. The van der Waals surface area contributed by atoms with Crippen molar-refractivity contribution in [1.29, 1.82) is 0 Å². The van der Waals surface area contributed by atoms with Gasteiger partial charge in [0, 0.05) is 25.3 Å². The second-order valence-electron chi connectivity index (χ2n) is 9.01. The highest BCUT2D eigenvalue weighted by Crippen LogP contribution is 2.34. The van der Waals surface area contributed by atoms with Crippen LogP contribution in [0.15, 0.2) is 12.2 Å². The molecular weight excluding hydrogens is 366 g/mol. The van der Waals surface area contributed by atoms with Gasteiger partial charge >= 0.3 is 0 Å².